The summed E-state index contributed by atoms with van der Waals surface area (Å²) >= 11 is 0. The van der Waals surface area contributed by atoms with Crippen LogP contribution in [-0.4, -0.2) is 49.8 Å². The van der Waals surface area contributed by atoms with Gasteiger partial charge in [0.2, 0.25) is 0 Å². The molecule has 0 radical (unpaired) electrons. The third-order valence-electron chi connectivity index (χ3n) is 4.97. The molecular weight excluding hydrogens is 212 g/mol. The van der Waals surface area contributed by atoms with E-state index in [1.807, 2.05) is 7.11 Å². The van der Waals surface area contributed by atoms with E-state index in [1.165, 1.54) is 51.6 Å². The minimum absolute atomic E-state index is 0.457. The van der Waals surface area contributed by atoms with Gasteiger partial charge in [-0.05, 0) is 31.6 Å². The fraction of sp³-hybridized carbons (Fsp3) is 1.00. The van der Waals surface area contributed by atoms with Crippen molar-refractivity contribution in [2.75, 3.05) is 33.4 Å². The van der Waals surface area contributed by atoms with Crippen molar-refractivity contribution in [1.82, 2.24) is 10.2 Å². The average Bonchev–Trinajstić information content (AvgIpc) is 3.09. The van der Waals surface area contributed by atoms with Gasteiger partial charge in [0.25, 0.3) is 0 Å². The van der Waals surface area contributed by atoms with Crippen LogP contribution in [0.25, 0.3) is 0 Å². The van der Waals surface area contributed by atoms with Gasteiger partial charge in [-0.2, -0.15) is 0 Å². The molecular formula is C14H26N2O. The maximum absolute atomic E-state index is 5.28. The predicted octanol–water partition coefficient (Wildman–Crippen LogP) is 1.63. The van der Waals surface area contributed by atoms with Gasteiger partial charge >= 0.3 is 0 Å². The lowest BCUT2D eigenvalue weighted by Gasteiger charge is -2.46. The first-order valence-corrected chi connectivity index (χ1v) is 7.31. The van der Waals surface area contributed by atoms with Crippen molar-refractivity contribution in [2.45, 2.75) is 50.1 Å². The van der Waals surface area contributed by atoms with E-state index >= 15 is 0 Å². The number of methoxy groups -OCH3 is 1. The summed E-state index contributed by atoms with van der Waals surface area (Å²) in [5.41, 5.74) is 0.457. The Bertz CT molecular complexity index is 259. The summed E-state index contributed by atoms with van der Waals surface area (Å²) in [5.74, 6) is 0.970. The summed E-state index contributed by atoms with van der Waals surface area (Å²) in [6.07, 6.45) is 8.49. The van der Waals surface area contributed by atoms with Crippen LogP contribution in [0.15, 0.2) is 0 Å². The third-order valence-corrected chi connectivity index (χ3v) is 4.97. The Morgan fingerprint density at radius 1 is 1.29 bits per heavy atom. The molecule has 0 aromatic rings. The number of rotatable bonds is 4. The molecule has 1 N–H and O–H groups in total. The second-order valence-electron chi connectivity index (χ2n) is 6.24. The minimum Gasteiger partial charge on any atom is -0.383 e. The number of nitrogens with one attached hydrogen (secondary N) is 1. The van der Waals surface area contributed by atoms with Gasteiger partial charge in [-0.25, -0.2) is 0 Å². The second kappa shape index (κ2) is 4.87. The van der Waals surface area contributed by atoms with Crippen LogP contribution in [-0.2, 0) is 4.74 Å². The lowest BCUT2D eigenvalue weighted by molar-refractivity contribution is 0.0455. The largest absolute Gasteiger partial charge is 0.383 e. The average molecular weight is 238 g/mol. The lowest BCUT2D eigenvalue weighted by atomic mass is 9.91. The van der Waals surface area contributed by atoms with Gasteiger partial charge in [-0.3, -0.25) is 4.90 Å². The van der Waals surface area contributed by atoms with Gasteiger partial charge in [0.15, 0.2) is 0 Å². The van der Waals surface area contributed by atoms with Gasteiger partial charge in [-0.1, -0.05) is 12.8 Å². The standard InChI is InChI=1S/C14H26N2O/c1-17-9-8-16-11-14(6-2-3-7-14)15-10-13(16)12-4-5-12/h12-13,15H,2-11H2,1H3. The molecule has 1 atom stereocenters. The highest BCUT2D eigenvalue weighted by molar-refractivity contribution is 5.03. The molecule has 1 spiro atoms. The van der Waals surface area contributed by atoms with E-state index in [0.717, 1.165) is 25.1 Å². The summed E-state index contributed by atoms with van der Waals surface area (Å²) in [4.78, 5) is 2.73. The fourth-order valence-electron chi connectivity index (χ4n) is 3.80. The molecule has 2 aliphatic carbocycles. The van der Waals surface area contributed by atoms with Crippen molar-refractivity contribution < 1.29 is 4.74 Å². The summed E-state index contributed by atoms with van der Waals surface area (Å²) in [7, 11) is 1.82. The van der Waals surface area contributed by atoms with Crippen LogP contribution in [0.4, 0.5) is 0 Å². The van der Waals surface area contributed by atoms with Crippen molar-refractivity contribution >= 4 is 0 Å². The van der Waals surface area contributed by atoms with Crippen molar-refractivity contribution in [3.63, 3.8) is 0 Å². The molecule has 1 saturated heterocycles. The highest BCUT2D eigenvalue weighted by atomic mass is 16.5. The third kappa shape index (κ3) is 2.51. The van der Waals surface area contributed by atoms with E-state index in [4.69, 9.17) is 4.74 Å². The topological polar surface area (TPSA) is 24.5 Å². The zero-order chi connectivity index (χ0) is 11.7. The van der Waals surface area contributed by atoms with E-state index in [1.54, 1.807) is 0 Å². The summed E-state index contributed by atoms with van der Waals surface area (Å²) in [5, 5.41) is 3.89. The van der Waals surface area contributed by atoms with Gasteiger partial charge in [-0.15, -0.1) is 0 Å². The van der Waals surface area contributed by atoms with Crippen LogP contribution in [0, 0.1) is 5.92 Å². The van der Waals surface area contributed by atoms with Crippen LogP contribution < -0.4 is 5.32 Å². The zero-order valence-electron chi connectivity index (χ0n) is 11.1. The van der Waals surface area contributed by atoms with Crippen molar-refractivity contribution in [1.29, 1.82) is 0 Å². The summed E-state index contributed by atoms with van der Waals surface area (Å²) in [6.45, 7) is 4.49. The van der Waals surface area contributed by atoms with Gasteiger partial charge in [0.05, 0.1) is 6.61 Å². The second-order valence-corrected chi connectivity index (χ2v) is 6.24. The first kappa shape index (κ1) is 11.9. The molecule has 1 unspecified atom stereocenters. The molecule has 17 heavy (non-hydrogen) atoms. The molecule has 1 aliphatic heterocycles. The van der Waals surface area contributed by atoms with Crippen LogP contribution in [0.3, 0.4) is 0 Å². The molecule has 3 nitrogen and oxygen atoms in total. The number of hydrogen-bond donors (Lipinski definition) is 1. The summed E-state index contributed by atoms with van der Waals surface area (Å²) in [6, 6.07) is 0.788. The fourth-order valence-corrected chi connectivity index (χ4v) is 3.80. The monoisotopic (exact) mass is 238 g/mol. The highest BCUT2D eigenvalue weighted by Crippen LogP contribution is 2.40. The Balaban J connectivity index is 1.64. The normalized spacial score (nSPS) is 33.4. The van der Waals surface area contributed by atoms with Gasteiger partial charge < -0.3 is 10.1 Å². The maximum Gasteiger partial charge on any atom is 0.0589 e. The first-order valence-electron chi connectivity index (χ1n) is 7.31. The van der Waals surface area contributed by atoms with Crippen LogP contribution in [0.2, 0.25) is 0 Å². The first-order chi connectivity index (χ1) is 8.33. The molecule has 3 heteroatoms. The molecule has 3 fully saturated rings. The number of piperazine rings is 1. The molecule has 0 aromatic heterocycles. The Hall–Kier alpha value is -0.120. The van der Waals surface area contributed by atoms with Crippen LogP contribution >= 0.6 is 0 Å². The minimum atomic E-state index is 0.457. The van der Waals surface area contributed by atoms with E-state index < -0.39 is 0 Å². The van der Waals surface area contributed by atoms with Gasteiger partial charge in [0, 0.05) is 38.3 Å². The molecule has 3 rings (SSSR count). The molecule has 0 bridgehead atoms. The quantitative estimate of drug-likeness (QED) is 0.805. The molecule has 0 aromatic carbocycles. The number of nitrogens with zero attached hydrogens (tertiary/aromatic N) is 1. The van der Waals surface area contributed by atoms with Crippen LogP contribution in [0.1, 0.15) is 38.5 Å². The van der Waals surface area contributed by atoms with Crippen LogP contribution in [0.5, 0.6) is 0 Å². The molecule has 0 amide bonds. The van der Waals surface area contributed by atoms with E-state index in [-0.39, 0.29) is 0 Å². The summed E-state index contributed by atoms with van der Waals surface area (Å²) < 4.78 is 5.28. The Kier molecular flexibility index (Phi) is 3.42. The smallest absolute Gasteiger partial charge is 0.0589 e. The maximum atomic E-state index is 5.28. The van der Waals surface area contributed by atoms with E-state index in [9.17, 15) is 0 Å². The van der Waals surface area contributed by atoms with Crippen molar-refractivity contribution in [2.24, 2.45) is 5.92 Å². The molecule has 98 valence electrons. The Morgan fingerprint density at radius 3 is 2.71 bits per heavy atom. The Labute approximate surface area is 105 Å². The van der Waals surface area contributed by atoms with Crippen molar-refractivity contribution in [3.05, 3.63) is 0 Å². The number of hydrogen-bond acceptors (Lipinski definition) is 3. The SMILES string of the molecule is COCCN1CC2(CCCC2)NCC1C1CC1. The van der Waals surface area contributed by atoms with E-state index in [0.29, 0.717) is 5.54 Å². The highest BCUT2D eigenvalue weighted by Gasteiger charge is 2.45. The zero-order valence-corrected chi connectivity index (χ0v) is 11.1. The number of ether oxygens (including phenoxy) is 1. The molecule has 1 heterocycles. The Morgan fingerprint density at radius 2 is 2.06 bits per heavy atom. The van der Waals surface area contributed by atoms with E-state index in [2.05, 4.69) is 10.2 Å². The molecule has 3 aliphatic rings. The lowest BCUT2D eigenvalue weighted by Crippen LogP contribution is -2.64. The van der Waals surface area contributed by atoms with Gasteiger partial charge in [0.1, 0.15) is 0 Å². The predicted molar refractivity (Wildman–Crippen MR) is 69.2 cm³/mol. The molecule has 2 saturated carbocycles. The van der Waals surface area contributed by atoms with Crippen molar-refractivity contribution in [3.8, 4) is 0 Å².